The summed E-state index contributed by atoms with van der Waals surface area (Å²) in [5.74, 6) is 0.272. The first-order valence-electron chi connectivity index (χ1n) is 7.34. The lowest BCUT2D eigenvalue weighted by molar-refractivity contribution is -0.0909. The van der Waals surface area contributed by atoms with Crippen molar-refractivity contribution < 1.29 is 9.13 Å². The molecule has 0 spiro atoms. The van der Waals surface area contributed by atoms with E-state index in [4.69, 9.17) is 4.74 Å². The Balaban J connectivity index is 1.53. The standard InChI is InChI=1S/C17H17FN2O/c18-16-4-2-1-3-15(16)12-5-6-19-17(7-12)13-8-20(9-13)14-10-21-11-14/h1-7,13-14H,8-11H2. The van der Waals surface area contributed by atoms with Crippen molar-refractivity contribution in [1.82, 2.24) is 9.88 Å². The monoisotopic (exact) mass is 284 g/mol. The highest BCUT2D eigenvalue weighted by Gasteiger charge is 2.37. The average Bonchev–Trinajstić information content (AvgIpc) is 2.41. The van der Waals surface area contributed by atoms with Gasteiger partial charge in [-0.1, -0.05) is 18.2 Å². The Labute approximate surface area is 123 Å². The number of aromatic nitrogens is 1. The molecule has 2 aromatic rings. The van der Waals surface area contributed by atoms with Crippen LogP contribution in [0.1, 0.15) is 11.6 Å². The van der Waals surface area contributed by atoms with Gasteiger partial charge < -0.3 is 4.74 Å². The predicted octanol–water partition coefficient (Wildman–Crippen LogP) is 2.69. The molecule has 0 radical (unpaired) electrons. The normalized spacial score (nSPS) is 20.0. The zero-order valence-corrected chi connectivity index (χ0v) is 11.7. The van der Waals surface area contributed by atoms with Crippen LogP contribution >= 0.6 is 0 Å². The second-order valence-electron chi connectivity index (χ2n) is 5.79. The van der Waals surface area contributed by atoms with Crippen LogP contribution in [0.3, 0.4) is 0 Å². The Morgan fingerprint density at radius 3 is 2.67 bits per heavy atom. The van der Waals surface area contributed by atoms with Crippen LogP contribution in [0, 0.1) is 5.82 Å². The van der Waals surface area contributed by atoms with Crippen molar-refractivity contribution in [3.63, 3.8) is 0 Å². The van der Waals surface area contributed by atoms with E-state index in [9.17, 15) is 4.39 Å². The molecule has 4 heteroatoms. The quantitative estimate of drug-likeness (QED) is 0.866. The number of rotatable bonds is 3. The van der Waals surface area contributed by atoms with Gasteiger partial charge in [0, 0.05) is 36.5 Å². The van der Waals surface area contributed by atoms with Gasteiger partial charge in [-0.05, 0) is 23.8 Å². The molecule has 3 heterocycles. The van der Waals surface area contributed by atoms with Gasteiger partial charge in [-0.2, -0.15) is 0 Å². The van der Waals surface area contributed by atoms with E-state index in [2.05, 4.69) is 9.88 Å². The maximum Gasteiger partial charge on any atom is 0.131 e. The zero-order chi connectivity index (χ0) is 14.2. The first-order valence-corrected chi connectivity index (χ1v) is 7.34. The maximum atomic E-state index is 13.9. The third kappa shape index (κ3) is 2.34. The van der Waals surface area contributed by atoms with Crippen molar-refractivity contribution in [3.05, 3.63) is 54.1 Å². The molecule has 0 saturated carbocycles. The van der Waals surface area contributed by atoms with E-state index in [1.54, 1.807) is 12.3 Å². The molecule has 2 fully saturated rings. The molecule has 2 aliphatic rings. The second-order valence-corrected chi connectivity index (χ2v) is 5.79. The fourth-order valence-corrected chi connectivity index (χ4v) is 2.97. The highest BCUT2D eigenvalue weighted by molar-refractivity contribution is 5.64. The summed E-state index contributed by atoms with van der Waals surface area (Å²) in [6.45, 7) is 3.77. The van der Waals surface area contributed by atoms with E-state index < -0.39 is 0 Å². The number of ether oxygens (including phenoxy) is 1. The van der Waals surface area contributed by atoms with E-state index in [0.29, 0.717) is 17.5 Å². The highest BCUT2D eigenvalue weighted by Crippen LogP contribution is 2.31. The van der Waals surface area contributed by atoms with Crippen molar-refractivity contribution >= 4 is 0 Å². The van der Waals surface area contributed by atoms with Crippen LogP contribution in [0.4, 0.5) is 4.39 Å². The van der Waals surface area contributed by atoms with Crippen LogP contribution in [0.5, 0.6) is 0 Å². The summed E-state index contributed by atoms with van der Waals surface area (Å²) in [6, 6.07) is 11.4. The van der Waals surface area contributed by atoms with Crippen LogP contribution in [0.15, 0.2) is 42.6 Å². The van der Waals surface area contributed by atoms with Gasteiger partial charge in [0.2, 0.25) is 0 Å². The summed E-state index contributed by atoms with van der Waals surface area (Å²) in [5, 5.41) is 0. The van der Waals surface area contributed by atoms with Crippen molar-refractivity contribution in [1.29, 1.82) is 0 Å². The van der Waals surface area contributed by atoms with E-state index >= 15 is 0 Å². The molecule has 0 N–H and O–H groups in total. The summed E-state index contributed by atoms with van der Waals surface area (Å²) in [7, 11) is 0. The fraction of sp³-hybridized carbons (Fsp3) is 0.353. The van der Waals surface area contributed by atoms with Crippen LogP contribution in [-0.2, 0) is 4.74 Å². The molecule has 3 nitrogen and oxygen atoms in total. The van der Waals surface area contributed by atoms with Crippen molar-refractivity contribution in [2.24, 2.45) is 0 Å². The molecule has 1 aromatic carbocycles. The molecule has 0 unspecified atom stereocenters. The van der Waals surface area contributed by atoms with Crippen molar-refractivity contribution in [2.45, 2.75) is 12.0 Å². The molecule has 0 atom stereocenters. The van der Waals surface area contributed by atoms with Gasteiger partial charge in [0.25, 0.3) is 0 Å². The summed E-state index contributed by atoms with van der Waals surface area (Å²) in [4.78, 5) is 6.91. The van der Waals surface area contributed by atoms with Crippen molar-refractivity contribution in [3.8, 4) is 11.1 Å². The zero-order valence-electron chi connectivity index (χ0n) is 11.7. The Hall–Kier alpha value is -1.78. The SMILES string of the molecule is Fc1ccccc1-c1ccnc(C2CN(C3COC3)C2)c1. The minimum atomic E-state index is -0.184. The lowest BCUT2D eigenvalue weighted by atomic mass is 9.91. The first kappa shape index (κ1) is 12.9. The van der Waals surface area contributed by atoms with Crippen LogP contribution in [0.25, 0.3) is 11.1 Å². The molecular weight excluding hydrogens is 267 g/mol. The molecule has 4 rings (SSSR count). The van der Waals surface area contributed by atoms with Crippen molar-refractivity contribution in [2.75, 3.05) is 26.3 Å². The van der Waals surface area contributed by atoms with Gasteiger partial charge >= 0.3 is 0 Å². The molecule has 2 saturated heterocycles. The van der Waals surface area contributed by atoms with E-state index in [1.807, 2.05) is 24.3 Å². The molecular formula is C17H17FN2O. The Morgan fingerprint density at radius 1 is 1.14 bits per heavy atom. The minimum absolute atomic E-state index is 0.184. The summed E-state index contributed by atoms with van der Waals surface area (Å²) in [6.07, 6.45) is 1.78. The lowest BCUT2D eigenvalue weighted by Crippen LogP contribution is -2.58. The molecule has 2 aliphatic heterocycles. The van der Waals surface area contributed by atoms with Gasteiger partial charge in [-0.3, -0.25) is 9.88 Å². The smallest absolute Gasteiger partial charge is 0.131 e. The van der Waals surface area contributed by atoms with E-state index in [1.165, 1.54) is 6.07 Å². The molecule has 108 valence electrons. The second kappa shape index (κ2) is 5.20. The number of benzene rings is 1. The largest absolute Gasteiger partial charge is 0.378 e. The Morgan fingerprint density at radius 2 is 1.95 bits per heavy atom. The van der Waals surface area contributed by atoms with Gasteiger partial charge in [0.1, 0.15) is 5.82 Å². The van der Waals surface area contributed by atoms with E-state index in [-0.39, 0.29) is 5.82 Å². The third-order valence-corrected chi connectivity index (χ3v) is 4.43. The molecule has 0 bridgehead atoms. The Kier molecular flexibility index (Phi) is 3.20. The minimum Gasteiger partial charge on any atom is -0.378 e. The van der Waals surface area contributed by atoms with Gasteiger partial charge in [0.15, 0.2) is 0 Å². The summed E-state index contributed by atoms with van der Waals surface area (Å²) < 4.78 is 19.1. The number of hydrogen-bond acceptors (Lipinski definition) is 3. The third-order valence-electron chi connectivity index (χ3n) is 4.43. The number of likely N-dealkylation sites (tertiary alicyclic amines) is 1. The Bertz CT molecular complexity index is 651. The number of hydrogen-bond donors (Lipinski definition) is 0. The van der Waals surface area contributed by atoms with Gasteiger partial charge in [-0.15, -0.1) is 0 Å². The molecule has 21 heavy (non-hydrogen) atoms. The number of nitrogens with zero attached hydrogens (tertiary/aromatic N) is 2. The highest BCUT2D eigenvalue weighted by atomic mass is 19.1. The topological polar surface area (TPSA) is 25.4 Å². The van der Waals surface area contributed by atoms with Gasteiger partial charge in [0.05, 0.1) is 19.3 Å². The molecule has 0 aliphatic carbocycles. The summed E-state index contributed by atoms with van der Waals surface area (Å²) >= 11 is 0. The van der Waals surface area contributed by atoms with Crippen LogP contribution < -0.4 is 0 Å². The fourth-order valence-electron chi connectivity index (χ4n) is 2.97. The lowest BCUT2D eigenvalue weighted by Gasteiger charge is -2.47. The molecule has 1 aromatic heterocycles. The maximum absolute atomic E-state index is 13.9. The number of pyridine rings is 1. The number of halogens is 1. The van der Waals surface area contributed by atoms with Gasteiger partial charge in [-0.25, -0.2) is 4.39 Å². The first-order chi connectivity index (χ1) is 10.3. The van der Waals surface area contributed by atoms with E-state index in [0.717, 1.165) is 37.6 Å². The van der Waals surface area contributed by atoms with Crippen LogP contribution in [-0.4, -0.2) is 42.2 Å². The van der Waals surface area contributed by atoms with Crippen LogP contribution in [0.2, 0.25) is 0 Å². The predicted molar refractivity (Wildman–Crippen MR) is 78.6 cm³/mol. The molecule has 0 amide bonds. The summed E-state index contributed by atoms with van der Waals surface area (Å²) in [5.41, 5.74) is 2.61. The average molecular weight is 284 g/mol.